The average molecular weight is 334 g/mol. The summed E-state index contributed by atoms with van der Waals surface area (Å²) in [5, 5.41) is 9.12. The highest BCUT2D eigenvalue weighted by atomic mass is 32.2. The molecular formula is C12H9F3N2O2S2. The number of rotatable bonds is 4. The number of pyridine rings is 1. The van der Waals surface area contributed by atoms with Crippen LogP contribution in [-0.2, 0) is 17.4 Å². The second kappa shape index (κ2) is 6.02. The predicted octanol–water partition coefficient (Wildman–Crippen LogP) is 3.64. The van der Waals surface area contributed by atoms with Gasteiger partial charge in [0.2, 0.25) is 0 Å². The van der Waals surface area contributed by atoms with Crippen molar-refractivity contribution in [1.29, 1.82) is 0 Å². The maximum atomic E-state index is 12.4. The van der Waals surface area contributed by atoms with Crippen LogP contribution in [0.2, 0.25) is 0 Å². The summed E-state index contributed by atoms with van der Waals surface area (Å²) in [7, 11) is 0. The van der Waals surface area contributed by atoms with Gasteiger partial charge in [0.15, 0.2) is 4.34 Å². The van der Waals surface area contributed by atoms with E-state index >= 15 is 0 Å². The molecule has 21 heavy (non-hydrogen) atoms. The van der Waals surface area contributed by atoms with Crippen LogP contribution in [0, 0.1) is 6.92 Å². The average Bonchev–Trinajstić information content (AvgIpc) is 2.68. The van der Waals surface area contributed by atoms with Gasteiger partial charge in [0, 0.05) is 11.1 Å². The third kappa shape index (κ3) is 4.18. The number of hydrogen-bond donors (Lipinski definition) is 1. The standard InChI is InChI=1S/C12H9F3N2O2S2/c1-6-8(4-10(18)19)20-11(17-6)21-9-3-2-7(5-16-9)12(13,14)15/h2-3,5H,4H2,1H3,(H,18,19). The summed E-state index contributed by atoms with van der Waals surface area (Å²) >= 11 is 2.31. The van der Waals surface area contributed by atoms with Crippen LogP contribution in [0.5, 0.6) is 0 Å². The number of alkyl halides is 3. The Morgan fingerprint density at radius 3 is 2.67 bits per heavy atom. The molecular weight excluding hydrogens is 325 g/mol. The monoisotopic (exact) mass is 334 g/mol. The molecule has 0 saturated carbocycles. The smallest absolute Gasteiger partial charge is 0.417 e. The molecule has 0 bridgehead atoms. The molecule has 0 aliphatic carbocycles. The lowest BCUT2D eigenvalue weighted by Crippen LogP contribution is -2.04. The van der Waals surface area contributed by atoms with Gasteiger partial charge in [-0.2, -0.15) is 13.2 Å². The van der Waals surface area contributed by atoms with Crippen LogP contribution in [0.4, 0.5) is 13.2 Å². The first-order valence-corrected chi connectivity index (χ1v) is 7.28. The number of carboxylic acids is 1. The second-order valence-corrected chi connectivity index (χ2v) is 6.39. The molecule has 0 unspecified atom stereocenters. The molecule has 2 rings (SSSR count). The SMILES string of the molecule is Cc1nc(Sc2ccc(C(F)(F)F)cn2)sc1CC(=O)O. The van der Waals surface area contributed by atoms with E-state index in [2.05, 4.69) is 9.97 Å². The van der Waals surface area contributed by atoms with Gasteiger partial charge in [0.25, 0.3) is 0 Å². The highest BCUT2D eigenvalue weighted by Crippen LogP contribution is 2.34. The summed E-state index contributed by atoms with van der Waals surface area (Å²) in [5.74, 6) is -0.953. The van der Waals surface area contributed by atoms with Gasteiger partial charge >= 0.3 is 12.1 Å². The Hall–Kier alpha value is -1.61. The molecule has 0 spiro atoms. The normalized spacial score (nSPS) is 11.6. The van der Waals surface area contributed by atoms with Crippen LogP contribution in [-0.4, -0.2) is 21.0 Å². The summed E-state index contributed by atoms with van der Waals surface area (Å²) in [5.41, 5.74) is -0.203. The first kappa shape index (κ1) is 15.8. The first-order chi connectivity index (χ1) is 9.75. The van der Waals surface area contributed by atoms with E-state index in [9.17, 15) is 18.0 Å². The van der Waals surface area contributed by atoms with Crippen molar-refractivity contribution in [2.24, 2.45) is 0 Å². The third-order valence-corrected chi connectivity index (χ3v) is 4.61. The van der Waals surface area contributed by atoms with Crippen LogP contribution in [0.1, 0.15) is 16.1 Å². The van der Waals surface area contributed by atoms with Gasteiger partial charge < -0.3 is 5.11 Å². The van der Waals surface area contributed by atoms with Crippen molar-refractivity contribution in [2.45, 2.75) is 28.9 Å². The predicted molar refractivity (Wildman–Crippen MR) is 71.6 cm³/mol. The van der Waals surface area contributed by atoms with Crippen molar-refractivity contribution >= 4 is 29.1 Å². The fourth-order valence-corrected chi connectivity index (χ4v) is 3.55. The lowest BCUT2D eigenvalue weighted by atomic mass is 10.3. The molecule has 0 amide bonds. The third-order valence-electron chi connectivity index (χ3n) is 2.44. The lowest BCUT2D eigenvalue weighted by Gasteiger charge is -2.05. The van der Waals surface area contributed by atoms with Crippen molar-refractivity contribution < 1.29 is 23.1 Å². The summed E-state index contributed by atoms with van der Waals surface area (Å²) in [6, 6.07) is 2.22. The highest BCUT2D eigenvalue weighted by molar-refractivity contribution is 8.01. The Labute approximate surface area is 126 Å². The van der Waals surface area contributed by atoms with Crippen LogP contribution in [0.3, 0.4) is 0 Å². The van der Waals surface area contributed by atoms with E-state index in [0.717, 1.165) is 24.0 Å². The van der Waals surface area contributed by atoms with E-state index in [-0.39, 0.29) is 6.42 Å². The van der Waals surface area contributed by atoms with E-state index in [1.54, 1.807) is 6.92 Å². The minimum atomic E-state index is -4.41. The topological polar surface area (TPSA) is 63.1 Å². The zero-order valence-electron chi connectivity index (χ0n) is 10.6. The Balaban J connectivity index is 2.13. The molecule has 2 aromatic heterocycles. The van der Waals surface area contributed by atoms with Crippen LogP contribution in [0.15, 0.2) is 27.7 Å². The number of carboxylic acid groups (broad SMARTS) is 1. The summed E-state index contributed by atoms with van der Waals surface area (Å²) in [6.07, 6.45) is -3.77. The maximum Gasteiger partial charge on any atom is 0.417 e. The van der Waals surface area contributed by atoms with Crippen molar-refractivity contribution in [2.75, 3.05) is 0 Å². The van der Waals surface area contributed by atoms with Crippen molar-refractivity contribution in [3.05, 3.63) is 34.5 Å². The number of aryl methyl sites for hydroxylation is 1. The molecule has 0 aromatic carbocycles. The quantitative estimate of drug-likeness (QED) is 0.925. The molecule has 0 aliphatic rings. The molecule has 4 nitrogen and oxygen atoms in total. The van der Waals surface area contributed by atoms with Gasteiger partial charge in [-0.15, -0.1) is 11.3 Å². The molecule has 0 atom stereocenters. The number of nitrogens with zero attached hydrogens (tertiary/aromatic N) is 2. The van der Waals surface area contributed by atoms with Crippen molar-refractivity contribution in [3.8, 4) is 0 Å². The molecule has 0 aliphatic heterocycles. The largest absolute Gasteiger partial charge is 0.481 e. The number of halogens is 3. The van der Waals surface area contributed by atoms with E-state index in [0.29, 0.717) is 19.9 Å². The Kier molecular flexibility index (Phi) is 4.52. The number of carbonyl (C=O) groups is 1. The number of hydrogen-bond acceptors (Lipinski definition) is 5. The van der Waals surface area contributed by atoms with Crippen molar-refractivity contribution in [3.63, 3.8) is 0 Å². The van der Waals surface area contributed by atoms with Gasteiger partial charge in [0.1, 0.15) is 5.03 Å². The summed E-state index contributed by atoms with van der Waals surface area (Å²) in [6.45, 7) is 1.69. The van der Waals surface area contributed by atoms with E-state index in [4.69, 9.17) is 5.11 Å². The van der Waals surface area contributed by atoms with E-state index in [1.165, 1.54) is 17.4 Å². The number of aliphatic carboxylic acids is 1. The zero-order chi connectivity index (χ0) is 15.6. The van der Waals surface area contributed by atoms with Gasteiger partial charge in [0.05, 0.1) is 17.7 Å². The Morgan fingerprint density at radius 2 is 2.14 bits per heavy atom. The van der Waals surface area contributed by atoms with Crippen molar-refractivity contribution in [1.82, 2.24) is 9.97 Å². The van der Waals surface area contributed by atoms with E-state index in [1.807, 2.05) is 0 Å². The highest BCUT2D eigenvalue weighted by Gasteiger charge is 2.30. The van der Waals surface area contributed by atoms with Crippen LogP contribution in [0.25, 0.3) is 0 Å². The van der Waals surface area contributed by atoms with Crippen LogP contribution >= 0.6 is 23.1 Å². The fourth-order valence-electron chi connectivity index (χ4n) is 1.44. The minimum Gasteiger partial charge on any atom is -0.481 e. The first-order valence-electron chi connectivity index (χ1n) is 5.65. The van der Waals surface area contributed by atoms with E-state index < -0.39 is 17.7 Å². The Morgan fingerprint density at radius 1 is 1.43 bits per heavy atom. The number of aromatic nitrogens is 2. The molecule has 9 heteroatoms. The van der Waals surface area contributed by atoms with Crippen LogP contribution < -0.4 is 0 Å². The molecule has 0 saturated heterocycles. The molecule has 0 fully saturated rings. The molecule has 2 aromatic rings. The van der Waals surface area contributed by atoms with Gasteiger partial charge in [-0.3, -0.25) is 4.79 Å². The molecule has 0 radical (unpaired) electrons. The number of thiazole rings is 1. The molecule has 112 valence electrons. The maximum absolute atomic E-state index is 12.4. The Bertz CT molecular complexity index is 654. The van der Waals surface area contributed by atoms with Gasteiger partial charge in [-0.05, 0) is 30.8 Å². The zero-order valence-corrected chi connectivity index (χ0v) is 12.3. The lowest BCUT2D eigenvalue weighted by molar-refractivity contribution is -0.138. The van der Waals surface area contributed by atoms with Gasteiger partial charge in [-0.25, -0.2) is 9.97 Å². The second-order valence-electron chi connectivity index (χ2n) is 4.04. The summed E-state index contributed by atoms with van der Waals surface area (Å²) < 4.78 is 37.8. The summed E-state index contributed by atoms with van der Waals surface area (Å²) in [4.78, 5) is 19.2. The fraction of sp³-hybridized carbons (Fsp3) is 0.250. The van der Waals surface area contributed by atoms with Gasteiger partial charge in [-0.1, -0.05) is 0 Å². The molecule has 1 N–H and O–H groups in total. The minimum absolute atomic E-state index is 0.121. The molecule has 2 heterocycles.